The van der Waals surface area contributed by atoms with Gasteiger partial charge in [-0.25, -0.2) is 9.97 Å². The molecule has 1 amide bonds. The molecule has 0 spiro atoms. The Bertz CT molecular complexity index is 979. The van der Waals surface area contributed by atoms with E-state index in [0.29, 0.717) is 27.7 Å². The number of amides is 1. The van der Waals surface area contributed by atoms with Crippen LogP contribution < -0.4 is 23.7 Å². The standard InChI is InChI=1S/C21H21N3O5S/c1-26-16-6-4-7-17(27-2)19(16)30-24-20(25)14-8-9-15(18(12-14)28-3)13-29-21-22-10-5-11-23-21/h4-12H,13H2,1-3H3,(H,24,25). The number of carbonyl (C=O) groups excluding carboxylic acids is 1. The average Bonchev–Trinajstić information content (AvgIpc) is 2.81. The third-order valence-electron chi connectivity index (χ3n) is 4.08. The zero-order chi connectivity index (χ0) is 21.3. The smallest absolute Gasteiger partial charge is 0.316 e. The lowest BCUT2D eigenvalue weighted by molar-refractivity contribution is 0.0984. The van der Waals surface area contributed by atoms with E-state index in [4.69, 9.17) is 18.9 Å². The number of aromatic nitrogens is 2. The van der Waals surface area contributed by atoms with Gasteiger partial charge in [-0.1, -0.05) is 12.1 Å². The first-order valence-corrected chi connectivity index (χ1v) is 9.72. The maximum Gasteiger partial charge on any atom is 0.316 e. The van der Waals surface area contributed by atoms with Crippen LogP contribution in [0, 0.1) is 0 Å². The lowest BCUT2D eigenvalue weighted by atomic mass is 10.1. The fourth-order valence-corrected chi connectivity index (χ4v) is 3.40. The number of nitrogens with one attached hydrogen (secondary N) is 1. The van der Waals surface area contributed by atoms with Crippen molar-refractivity contribution in [1.29, 1.82) is 0 Å². The Kier molecular flexibility index (Phi) is 7.34. The quantitative estimate of drug-likeness (QED) is 0.519. The number of benzene rings is 2. The summed E-state index contributed by atoms with van der Waals surface area (Å²) < 4.78 is 24.5. The van der Waals surface area contributed by atoms with Gasteiger partial charge in [0.1, 0.15) is 28.8 Å². The van der Waals surface area contributed by atoms with Crippen molar-refractivity contribution in [2.24, 2.45) is 0 Å². The minimum atomic E-state index is -0.287. The van der Waals surface area contributed by atoms with E-state index >= 15 is 0 Å². The van der Waals surface area contributed by atoms with Crippen LogP contribution >= 0.6 is 11.9 Å². The zero-order valence-electron chi connectivity index (χ0n) is 16.7. The molecule has 156 valence electrons. The molecule has 2 aromatic carbocycles. The summed E-state index contributed by atoms with van der Waals surface area (Å²) in [5, 5.41) is 0. The van der Waals surface area contributed by atoms with Gasteiger partial charge in [-0.05, 0) is 42.3 Å². The number of nitrogens with zero attached hydrogens (tertiary/aromatic N) is 2. The van der Waals surface area contributed by atoms with Gasteiger partial charge in [0.2, 0.25) is 0 Å². The summed E-state index contributed by atoms with van der Waals surface area (Å²) in [5.41, 5.74) is 1.20. The Morgan fingerprint density at radius 2 is 1.60 bits per heavy atom. The topological polar surface area (TPSA) is 91.8 Å². The molecule has 9 heteroatoms. The highest BCUT2D eigenvalue weighted by Gasteiger charge is 2.15. The Hall–Kier alpha value is -3.46. The second-order valence-electron chi connectivity index (χ2n) is 5.87. The molecular weight excluding hydrogens is 406 g/mol. The number of hydrogen-bond acceptors (Lipinski definition) is 8. The Labute approximate surface area is 178 Å². The number of ether oxygens (including phenoxy) is 4. The molecule has 0 atom stereocenters. The van der Waals surface area contributed by atoms with E-state index in [0.717, 1.165) is 17.5 Å². The van der Waals surface area contributed by atoms with E-state index in [1.807, 2.05) is 6.07 Å². The molecular formula is C21H21N3O5S. The van der Waals surface area contributed by atoms with Crippen LogP contribution in [0.15, 0.2) is 59.8 Å². The molecule has 0 unspecified atom stereocenters. The van der Waals surface area contributed by atoms with Crippen LogP contribution in [0.3, 0.4) is 0 Å². The largest absolute Gasteiger partial charge is 0.496 e. The Morgan fingerprint density at radius 3 is 2.23 bits per heavy atom. The highest BCUT2D eigenvalue weighted by atomic mass is 32.2. The van der Waals surface area contributed by atoms with E-state index in [1.165, 1.54) is 7.11 Å². The summed E-state index contributed by atoms with van der Waals surface area (Å²) in [6.07, 6.45) is 3.20. The van der Waals surface area contributed by atoms with Crippen molar-refractivity contribution in [2.75, 3.05) is 21.3 Å². The average molecular weight is 427 g/mol. The van der Waals surface area contributed by atoms with Crippen LogP contribution in [0.5, 0.6) is 23.3 Å². The lowest BCUT2D eigenvalue weighted by Gasteiger charge is -2.13. The lowest BCUT2D eigenvalue weighted by Crippen LogP contribution is -2.16. The van der Waals surface area contributed by atoms with Gasteiger partial charge in [0.25, 0.3) is 5.91 Å². The van der Waals surface area contributed by atoms with E-state index in [1.54, 1.807) is 63.0 Å². The third kappa shape index (κ3) is 5.12. The van der Waals surface area contributed by atoms with Gasteiger partial charge in [-0.15, -0.1) is 0 Å². The summed E-state index contributed by atoms with van der Waals surface area (Å²) in [5.74, 6) is 1.45. The molecule has 1 aromatic heterocycles. The van der Waals surface area contributed by atoms with Crippen molar-refractivity contribution >= 4 is 17.9 Å². The maximum absolute atomic E-state index is 12.7. The zero-order valence-corrected chi connectivity index (χ0v) is 17.6. The second-order valence-corrected chi connectivity index (χ2v) is 6.69. The van der Waals surface area contributed by atoms with Crippen molar-refractivity contribution < 1.29 is 23.7 Å². The van der Waals surface area contributed by atoms with Crippen molar-refractivity contribution in [3.05, 3.63) is 66.0 Å². The van der Waals surface area contributed by atoms with E-state index < -0.39 is 0 Å². The van der Waals surface area contributed by atoms with Crippen LogP contribution in [0.2, 0.25) is 0 Å². The van der Waals surface area contributed by atoms with Crippen LogP contribution in [0.1, 0.15) is 15.9 Å². The van der Waals surface area contributed by atoms with Crippen molar-refractivity contribution in [3.63, 3.8) is 0 Å². The Balaban J connectivity index is 1.69. The van der Waals surface area contributed by atoms with Crippen molar-refractivity contribution in [1.82, 2.24) is 14.7 Å². The van der Waals surface area contributed by atoms with Gasteiger partial charge in [0.15, 0.2) is 0 Å². The van der Waals surface area contributed by atoms with E-state index in [2.05, 4.69) is 14.7 Å². The summed E-state index contributed by atoms with van der Waals surface area (Å²) in [4.78, 5) is 21.4. The van der Waals surface area contributed by atoms with Gasteiger partial charge in [-0.3, -0.25) is 9.52 Å². The predicted octanol–water partition coefficient (Wildman–Crippen LogP) is 3.52. The first-order chi connectivity index (χ1) is 14.7. The van der Waals surface area contributed by atoms with Gasteiger partial charge in [0, 0.05) is 23.5 Å². The molecule has 0 saturated heterocycles. The summed E-state index contributed by atoms with van der Waals surface area (Å²) >= 11 is 1.12. The number of methoxy groups -OCH3 is 3. The summed E-state index contributed by atoms with van der Waals surface area (Å²) in [6, 6.07) is 12.5. The number of carbonyl (C=O) groups is 1. The molecule has 1 N–H and O–H groups in total. The second kappa shape index (κ2) is 10.4. The first-order valence-electron chi connectivity index (χ1n) is 8.91. The first kappa shape index (κ1) is 21.3. The molecule has 0 aliphatic rings. The number of rotatable bonds is 9. The van der Waals surface area contributed by atoms with Crippen molar-refractivity contribution in [3.8, 4) is 23.3 Å². The highest BCUT2D eigenvalue weighted by molar-refractivity contribution is 7.98. The molecule has 0 bridgehead atoms. The predicted molar refractivity (Wildman–Crippen MR) is 112 cm³/mol. The van der Waals surface area contributed by atoms with E-state index in [9.17, 15) is 4.79 Å². The fourth-order valence-electron chi connectivity index (χ4n) is 2.58. The fraction of sp³-hybridized carbons (Fsp3) is 0.190. The minimum Gasteiger partial charge on any atom is -0.496 e. The SMILES string of the molecule is COc1cc(C(=O)NSc2c(OC)cccc2OC)ccc1COc1ncccn1. The van der Waals surface area contributed by atoms with Gasteiger partial charge < -0.3 is 18.9 Å². The minimum absolute atomic E-state index is 0.211. The highest BCUT2D eigenvalue weighted by Crippen LogP contribution is 2.36. The monoisotopic (exact) mass is 427 g/mol. The Morgan fingerprint density at radius 1 is 0.933 bits per heavy atom. The van der Waals surface area contributed by atoms with Gasteiger partial charge >= 0.3 is 6.01 Å². The normalized spacial score (nSPS) is 10.2. The van der Waals surface area contributed by atoms with Crippen LogP contribution in [0.25, 0.3) is 0 Å². The van der Waals surface area contributed by atoms with Gasteiger partial charge in [0.05, 0.1) is 21.3 Å². The molecule has 0 fully saturated rings. The molecule has 0 radical (unpaired) electrons. The molecule has 3 rings (SSSR count). The molecule has 0 aliphatic carbocycles. The molecule has 30 heavy (non-hydrogen) atoms. The molecule has 1 heterocycles. The van der Waals surface area contributed by atoms with E-state index in [-0.39, 0.29) is 18.5 Å². The third-order valence-corrected chi connectivity index (χ3v) is 4.97. The summed E-state index contributed by atoms with van der Waals surface area (Å²) in [7, 11) is 4.66. The number of hydrogen-bond donors (Lipinski definition) is 1. The molecule has 8 nitrogen and oxygen atoms in total. The van der Waals surface area contributed by atoms with Gasteiger partial charge in [-0.2, -0.15) is 0 Å². The molecule has 3 aromatic rings. The van der Waals surface area contributed by atoms with Crippen LogP contribution in [-0.2, 0) is 6.61 Å². The van der Waals surface area contributed by atoms with Crippen molar-refractivity contribution in [2.45, 2.75) is 11.5 Å². The maximum atomic E-state index is 12.7. The van der Waals surface area contributed by atoms with Crippen LogP contribution in [-0.4, -0.2) is 37.2 Å². The molecule has 0 aliphatic heterocycles. The summed E-state index contributed by atoms with van der Waals surface area (Å²) in [6.45, 7) is 0.211. The molecule has 0 saturated carbocycles. The van der Waals surface area contributed by atoms with Crippen LogP contribution in [0.4, 0.5) is 0 Å².